The number of nitrogen functional groups attached to an aromatic ring is 1. The summed E-state index contributed by atoms with van der Waals surface area (Å²) in [7, 11) is -3.28. The Labute approximate surface area is 121 Å². The third-order valence-electron chi connectivity index (χ3n) is 3.48. The van der Waals surface area contributed by atoms with Gasteiger partial charge in [0, 0.05) is 6.04 Å². The zero-order chi connectivity index (χ0) is 13.5. The van der Waals surface area contributed by atoms with E-state index in [0.29, 0.717) is 11.0 Å². The average molecular weight is 319 g/mol. The Bertz CT molecular complexity index is 560. The molecule has 2 fully saturated rings. The van der Waals surface area contributed by atoms with E-state index in [1.54, 1.807) is 0 Å². The van der Waals surface area contributed by atoms with Crippen molar-refractivity contribution in [1.82, 2.24) is 4.37 Å². The highest BCUT2D eigenvalue weighted by molar-refractivity contribution is 7.99. The van der Waals surface area contributed by atoms with Crippen LogP contribution in [-0.2, 0) is 9.84 Å². The summed E-state index contributed by atoms with van der Waals surface area (Å²) in [5, 5.41) is 3.74. The molecule has 0 bridgehead atoms. The minimum absolute atomic E-state index is 0.157. The van der Waals surface area contributed by atoms with Crippen LogP contribution >= 0.6 is 23.3 Å². The van der Waals surface area contributed by atoms with Crippen LogP contribution in [0.4, 0.5) is 10.8 Å². The van der Waals surface area contributed by atoms with Crippen molar-refractivity contribution in [2.45, 2.75) is 41.9 Å². The first-order valence-electron chi connectivity index (χ1n) is 6.42. The highest BCUT2D eigenvalue weighted by Gasteiger charge is 2.41. The number of nitrogens with zero attached hydrogens (tertiary/aromatic N) is 1. The molecule has 106 valence electrons. The maximum Gasteiger partial charge on any atom is 0.187 e. The molecule has 1 aliphatic heterocycles. The number of anilines is 2. The number of hydrogen-bond acceptors (Lipinski definition) is 7. The van der Waals surface area contributed by atoms with E-state index in [1.165, 1.54) is 11.5 Å². The molecule has 1 aromatic heterocycles. The summed E-state index contributed by atoms with van der Waals surface area (Å²) in [4.78, 5) is 0.248. The minimum Gasteiger partial charge on any atom is -0.382 e. The van der Waals surface area contributed by atoms with Crippen LogP contribution in [0.25, 0.3) is 0 Å². The van der Waals surface area contributed by atoms with Crippen LogP contribution in [0.15, 0.2) is 4.90 Å². The molecular weight excluding hydrogens is 302 g/mol. The molecule has 2 aliphatic rings. The minimum atomic E-state index is -3.28. The van der Waals surface area contributed by atoms with Crippen molar-refractivity contribution < 1.29 is 8.42 Å². The first-order valence-corrected chi connectivity index (χ1v) is 9.90. The molecule has 5 nitrogen and oxygen atoms in total. The molecule has 1 aliphatic carbocycles. The normalized spacial score (nSPS) is 21.5. The first-order chi connectivity index (χ1) is 9.09. The van der Waals surface area contributed by atoms with Gasteiger partial charge in [0.25, 0.3) is 0 Å². The SMILES string of the molecule is Nc1nsc(NC2CCSCC2)c1S(=O)(=O)C1CC1. The van der Waals surface area contributed by atoms with Crippen molar-refractivity contribution in [3.8, 4) is 0 Å². The van der Waals surface area contributed by atoms with Gasteiger partial charge in [-0.15, -0.1) is 0 Å². The van der Waals surface area contributed by atoms with Gasteiger partial charge in [-0.3, -0.25) is 0 Å². The van der Waals surface area contributed by atoms with Crippen LogP contribution < -0.4 is 11.1 Å². The highest BCUT2D eigenvalue weighted by Crippen LogP contribution is 2.41. The van der Waals surface area contributed by atoms with E-state index in [9.17, 15) is 8.42 Å². The van der Waals surface area contributed by atoms with Gasteiger partial charge in [-0.1, -0.05) is 0 Å². The molecule has 1 saturated heterocycles. The molecule has 2 heterocycles. The number of thioether (sulfide) groups is 1. The Morgan fingerprint density at radius 1 is 1.21 bits per heavy atom. The molecule has 0 unspecified atom stereocenters. The van der Waals surface area contributed by atoms with Crippen molar-refractivity contribution >= 4 is 44.0 Å². The van der Waals surface area contributed by atoms with Gasteiger partial charge in [-0.2, -0.15) is 16.1 Å². The second-order valence-corrected chi connectivity index (χ2v) is 9.16. The van der Waals surface area contributed by atoms with Crippen molar-refractivity contribution in [1.29, 1.82) is 0 Å². The summed E-state index contributed by atoms with van der Waals surface area (Å²) in [5.41, 5.74) is 5.77. The maximum absolute atomic E-state index is 12.4. The Morgan fingerprint density at radius 2 is 1.89 bits per heavy atom. The van der Waals surface area contributed by atoms with Crippen LogP contribution in [0.5, 0.6) is 0 Å². The zero-order valence-electron chi connectivity index (χ0n) is 10.5. The van der Waals surface area contributed by atoms with Crippen LogP contribution in [0, 0.1) is 0 Å². The van der Waals surface area contributed by atoms with Crippen LogP contribution in [0.3, 0.4) is 0 Å². The van der Waals surface area contributed by atoms with Gasteiger partial charge in [0.2, 0.25) is 0 Å². The van der Waals surface area contributed by atoms with E-state index in [4.69, 9.17) is 5.73 Å². The number of nitrogens with two attached hydrogens (primary N) is 1. The predicted molar refractivity (Wildman–Crippen MR) is 80.7 cm³/mol. The van der Waals surface area contributed by atoms with Crippen LogP contribution in [0.1, 0.15) is 25.7 Å². The lowest BCUT2D eigenvalue weighted by Crippen LogP contribution is -2.25. The fraction of sp³-hybridized carbons (Fsp3) is 0.727. The summed E-state index contributed by atoms with van der Waals surface area (Å²) < 4.78 is 28.8. The summed E-state index contributed by atoms with van der Waals surface area (Å²) in [6.45, 7) is 0. The molecule has 8 heteroatoms. The number of rotatable bonds is 4. The second kappa shape index (κ2) is 5.14. The fourth-order valence-electron chi connectivity index (χ4n) is 2.23. The lowest BCUT2D eigenvalue weighted by Gasteiger charge is -2.23. The number of sulfone groups is 1. The molecule has 1 saturated carbocycles. The smallest absolute Gasteiger partial charge is 0.187 e. The quantitative estimate of drug-likeness (QED) is 0.882. The molecular formula is C11H17N3O2S3. The lowest BCUT2D eigenvalue weighted by molar-refractivity contribution is 0.595. The molecule has 3 N–H and O–H groups in total. The standard InChI is InChI=1S/C11H17N3O2S3/c12-10-9(19(15,16)8-1-2-8)11(18-14-10)13-7-3-5-17-6-4-7/h7-8,13H,1-6H2,(H2,12,14). The van der Waals surface area contributed by atoms with Gasteiger partial charge in [0.15, 0.2) is 15.7 Å². The van der Waals surface area contributed by atoms with Gasteiger partial charge >= 0.3 is 0 Å². The lowest BCUT2D eigenvalue weighted by atomic mass is 10.1. The first kappa shape index (κ1) is 13.5. The Hall–Kier alpha value is -0.470. The largest absolute Gasteiger partial charge is 0.382 e. The third kappa shape index (κ3) is 2.71. The van der Waals surface area contributed by atoms with Gasteiger partial charge in [0.05, 0.1) is 5.25 Å². The maximum atomic E-state index is 12.4. The van der Waals surface area contributed by atoms with E-state index < -0.39 is 9.84 Å². The monoisotopic (exact) mass is 319 g/mol. The zero-order valence-corrected chi connectivity index (χ0v) is 12.9. The van der Waals surface area contributed by atoms with Crippen LogP contribution in [0.2, 0.25) is 0 Å². The summed E-state index contributed by atoms with van der Waals surface area (Å²) in [6, 6.07) is 0.342. The Kier molecular flexibility index (Phi) is 3.65. The average Bonchev–Trinajstić information content (AvgIpc) is 3.17. The molecule has 0 atom stereocenters. The number of nitrogens with one attached hydrogen (secondary N) is 1. The highest BCUT2D eigenvalue weighted by atomic mass is 32.2. The van der Waals surface area contributed by atoms with E-state index >= 15 is 0 Å². The van der Waals surface area contributed by atoms with Gasteiger partial charge < -0.3 is 11.1 Å². The second-order valence-electron chi connectivity index (χ2n) is 5.00. The Balaban J connectivity index is 1.85. The van der Waals surface area contributed by atoms with E-state index in [0.717, 1.165) is 37.2 Å². The molecule has 0 spiro atoms. The molecule has 0 amide bonds. The third-order valence-corrected chi connectivity index (χ3v) is 7.78. The van der Waals surface area contributed by atoms with Crippen molar-refractivity contribution in [2.75, 3.05) is 22.6 Å². The topological polar surface area (TPSA) is 85.1 Å². The van der Waals surface area contributed by atoms with Gasteiger partial charge in [0.1, 0.15) is 9.90 Å². The van der Waals surface area contributed by atoms with E-state index in [-0.39, 0.29) is 16.0 Å². The molecule has 1 aromatic rings. The van der Waals surface area contributed by atoms with Crippen molar-refractivity contribution in [2.24, 2.45) is 0 Å². The van der Waals surface area contributed by atoms with E-state index in [1.807, 2.05) is 11.8 Å². The summed E-state index contributed by atoms with van der Waals surface area (Å²) in [5.74, 6) is 2.40. The summed E-state index contributed by atoms with van der Waals surface area (Å²) in [6.07, 6.45) is 3.62. The number of hydrogen-bond donors (Lipinski definition) is 2. The Morgan fingerprint density at radius 3 is 2.53 bits per heavy atom. The van der Waals surface area contributed by atoms with E-state index in [2.05, 4.69) is 9.69 Å². The van der Waals surface area contributed by atoms with Crippen LogP contribution in [-0.4, -0.2) is 35.6 Å². The van der Waals surface area contributed by atoms with Crippen molar-refractivity contribution in [3.05, 3.63) is 0 Å². The molecule has 19 heavy (non-hydrogen) atoms. The number of aromatic nitrogens is 1. The van der Waals surface area contributed by atoms with Crippen molar-refractivity contribution in [3.63, 3.8) is 0 Å². The fourth-order valence-corrected chi connectivity index (χ4v) is 6.29. The molecule has 3 rings (SSSR count). The molecule has 0 radical (unpaired) electrons. The van der Waals surface area contributed by atoms with Gasteiger partial charge in [-0.25, -0.2) is 8.42 Å². The summed E-state index contributed by atoms with van der Waals surface area (Å²) >= 11 is 3.11. The predicted octanol–water partition coefficient (Wildman–Crippen LogP) is 1.97. The molecule has 0 aromatic carbocycles. The van der Waals surface area contributed by atoms with Gasteiger partial charge in [-0.05, 0) is 48.7 Å².